The maximum Gasteiger partial charge on any atom is 0.573 e. The highest BCUT2D eigenvalue weighted by Crippen LogP contribution is 2.34. The predicted molar refractivity (Wildman–Crippen MR) is 308 cm³/mol. The number of amides is 4. The summed E-state index contributed by atoms with van der Waals surface area (Å²) in [7, 11) is 0. The van der Waals surface area contributed by atoms with E-state index in [9.17, 15) is 37.5 Å². The molecule has 3 aliphatic rings. The van der Waals surface area contributed by atoms with Crippen molar-refractivity contribution < 1.29 is 51.7 Å². The average Bonchev–Trinajstić information content (AvgIpc) is 4.10. The van der Waals surface area contributed by atoms with Gasteiger partial charge in [0.1, 0.15) is 12.1 Å². The quantitative estimate of drug-likeness (QED) is 0.0347. The Hall–Kier alpha value is -6.46. The number of nitrogen functional groups attached to an aromatic ring is 1. The monoisotopic (exact) mass is 1140 g/mol. The molecule has 22 heteroatoms. The van der Waals surface area contributed by atoms with Crippen molar-refractivity contribution in [3.63, 3.8) is 0 Å². The fraction of sp³-hybridized carbons (Fsp3) is 0.534. The van der Waals surface area contributed by atoms with Gasteiger partial charge in [0.15, 0.2) is 0 Å². The first-order chi connectivity index (χ1) is 38.5. The molecule has 1 unspecified atom stereocenters. The van der Waals surface area contributed by atoms with E-state index in [1.807, 2.05) is 52.3 Å². The van der Waals surface area contributed by atoms with E-state index >= 15 is 0 Å². The predicted octanol–water partition coefficient (Wildman–Crippen LogP) is 8.46. The molecule has 4 amide bonds. The van der Waals surface area contributed by atoms with Crippen LogP contribution in [0.4, 0.5) is 24.5 Å². The SMILES string of the molecule is CC.CC.CC(C)C.Cc1ncsc1-c1ccc(CNC=O)cc1.Nc1cc(OC(F)(F)F)ccc1C(=O)N1CCC(c2ncnc3cc(N4CCN(CCOCCOCCC(=O)NCC(=O)N5CCC(O)C5)CC4)ccc23)CC1. The van der Waals surface area contributed by atoms with Crippen LogP contribution in [0.3, 0.4) is 0 Å². The van der Waals surface area contributed by atoms with Crippen molar-refractivity contribution in [3.8, 4) is 16.2 Å². The first-order valence-electron chi connectivity index (χ1n) is 27.7. The number of nitrogens with zero attached hydrogens (tertiary/aromatic N) is 7. The molecule has 0 saturated carbocycles. The van der Waals surface area contributed by atoms with E-state index in [0.29, 0.717) is 78.2 Å². The van der Waals surface area contributed by atoms with Crippen molar-refractivity contribution in [3.05, 3.63) is 95.0 Å². The van der Waals surface area contributed by atoms with E-state index in [0.717, 1.165) is 84.3 Å². The highest BCUT2D eigenvalue weighted by molar-refractivity contribution is 7.13. The minimum absolute atomic E-state index is 0.0734. The number of anilines is 2. The zero-order chi connectivity index (χ0) is 58.6. The van der Waals surface area contributed by atoms with Gasteiger partial charge in [0, 0.05) is 101 Å². The fourth-order valence-electron chi connectivity index (χ4n) is 8.81. The van der Waals surface area contributed by atoms with Gasteiger partial charge in [-0.1, -0.05) is 72.7 Å². The van der Waals surface area contributed by atoms with Crippen LogP contribution >= 0.6 is 11.3 Å². The summed E-state index contributed by atoms with van der Waals surface area (Å²) in [5.41, 5.74) is 14.1. The second kappa shape index (κ2) is 34.6. The van der Waals surface area contributed by atoms with Crippen LogP contribution in [-0.4, -0.2) is 163 Å². The number of likely N-dealkylation sites (tertiary alicyclic amines) is 2. The highest BCUT2D eigenvalue weighted by Gasteiger charge is 2.32. The van der Waals surface area contributed by atoms with Gasteiger partial charge in [0.05, 0.1) is 71.9 Å². The average molecular weight is 1140 g/mol. The molecule has 0 spiro atoms. The minimum Gasteiger partial charge on any atom is -0.406 e. The largest absolute Gasteiger partial charge is 0.573 e. The highest BCUT2D eigenvalue weighted by atomic mass is 32.1. The Bertz CT molecular complexity index is 2640. The van der Waals surface area contributed by atoms with Gasteiger partial charge in [0.25, 0.3) is 5.91 Å². The lowest BCUT2D eigenvalue weighted by Gasteiger charge is -2.36. The van der Waals surface area contributed by atoms with Gasteiger partial charge in [-0.15, -0.1) is 24.5 Å². The number of nitrogens with one attached hydrogen (secondary N) is 2. The number of ether oxygens (including phenoxy) is 3. The van der Waals surface area contributed by atoms with E-state index in [1.165, 1.54) is 16.5 Å². The number of piperazine rings is 1. The maximum absolute atomic E-state index is 13.2. The topological polar surface area (TPSA) is 218 Å². The molecule has 440 valence electrons. The number of aliphatic hydroxyl groups is 1. The number of hydrogen-bond donors (Lipinski definition) is 4. The first kappa shape index (κ1) is 66.1. The van der Waals surface area contributed by atoms with Gasteiger partial charge in [-0.3, -0.25) is 24.1 Å². The number of benzene rings is 3. The number of nitrogens with two attached hydrogens (primary N) is 1. The molecule has 80 heavy (non-hydrogen) atoms. The van der Waals surface area contributed by atoms with Crippen LogP contribution in [0.2, 0.25) is 0 Å². The van der Waals surface area contributed by atoms with Crippen LogP contribution in [0.1, 0.15) is 107 Å². The Labute approximate surface area is 473 Å². The summed E-state index contributed by atoms with van der Waals surface area (Å²) in [6.07, 6.45) is -0.985. The molecular formula is C58H83F3N10O8S. The lowest BCUT2D eigenvalue weighted by Crippen LogP contribution is -2.47. The smallest absolute Gasteiger partial charge is 0.406 e. The molecule has 3 saturated heterocycles. The third-order valence-electron chi connectivity index (χ3n) is 12.7. The summed E-state index contributed by atoms with van der Waals surface area (Å²) in [5, 5.41) is 15.8. The number of aryl methyl sites for hydroxylation is 1. The molecule has 5 heterocycles. The molecule has 2 aromatic heterocycles. The molecule has 3 aromatic carbocycles. The van der Waals surface area contributed by atoms with Crippen molar-refractivity contribution in [1.82, 2.24) is 40.3 Å². The molecule has 18 nitrogen and oxygen atoms in total. The van der Waals surface area contributed by atoms with Crippen molar-refractivity contribution in [2.75, 3.05) is 103 Å². The summed E-state index contributed by atoms with van der Waals surface area (Å²) < 4.78 is 52.9. The van der Waals surface area contributed by atoms with Gasteiger partial charge >= 0.3 is 6.36 Å². The van der Waals surface area contributed by atoms with Gasteiger partial charge in [0.2, 0.25) is 18.2 Å². The van der Waals surface area contributed by atoms with E-state index < -0.39 is 18.2 Å². The number of halogens is 3. The minimum atomic E-state index is -4.85. The summed E-state index contributed by atoms with van der Waals surface area (Å²) in [6, 6.07) is 17.8. The normalized spacial score (nSPS) is 15.5. The number of piperidine rings is 1. The lowest BCUT2D eigenvalue weighted by atomic mass is 9.90. The number of aliphatic hydroxyl groups excluding tert-OH is 1. The van der Waals surface area contributed by atoms with Crippen molar-refractivity contribution >= 4 is 57.7 Å². The van der Waals surface area contributed by atoms with Gasteiger partial charge < -0.3 is 50.4 Å². The number of β-amino-alcohol motifs (C(OH)–C–C–N with tert-alkyl or cyclic N) is 1. The lowest BCUT2D eigenvalue weighted by molar-refractivity contribution is -0.274. The number of thiazole rings is 1. The van der Waals surface area contributed by atoms with Crippen LogP contribution in [0, 0.1) is 12.8 Å². The third-order valence-corrected chi connectivity index (χ3v) is 13.7. The van der Waals surface area contributed by atoms with Crippen molar-refractivity contribution in [1.29, 1.82) is 0 Å². The van der Waals surface area contributed by atoms with Gasteiger partial charge in [-0.25, -0.2) is 15.0 Å². The zero-order valence-corrected chi connectivity index (χ0v) is 48.5. The molecule has 5 aromatic rings. The second-order valence-corrected chi connectivity index (χ2v) is 20.2. The van der Waals surface area contributed by atoms with Gasteiger partial charge in [-0.2, -0.15) is 0 Å². The summed E-state index contributed by atoms with van der Waals surface area (Å²) in [5.74, 6) is -0.316. The van der Waals surface area contributed by atoms with E-state index in [-0.39, 0.29) is 54.5 Å². The number of carbonyl (C=O) groups is 4. The van der Waals surface area contributed by atoms with Gasteiger partial charge in [-0.05, 0) is 73.6 Å². The Morgan fingerprint density at radius 3 is 2.10 bits per heavy atom. The molecule has 5 N–H and O–H groups in total. The number of rotatable bonds is 19. The van der Waals surface area contributed by atoms with E-state index in [2.05, 4.69) is 91.2 Å². The Morgan fingerprint density at radius 1 is 0.838 bits per heavy atom. The number of hydrogen-bond acceptors (Lipinski definition) is 15. The second-order valence-electron chi connectivity index (χ2n) is 19.4. The number of carbonyl (C=O) groups excluding carboxylic acids is 4. The molecule has 8 rings (SSSR count). The molecule has 0 aliphatic carbocycles. The summed E-state index contributed by atoms with van der Waals surface area (Å²) in [4.78, 5) is 69.9. The zero-order valence-electron chi connectivity index (χ0n) is 47.7. The Kier molecular flexibility index (Phi) is 28.6. The molecular weight excluding hydrogens is 1050 g/mol. The maximum atomic E-state index is 13.2. The summed E-state index contributed by atoms with van der Waals surface area (Å²) >= 11 is 1.64. The van der Waals surface area contributed by atoms with Crippen LogP contribution < -0.4 is 26.0 Å². The van der Waals surface area contributed by atoms with Crippen molar-refractivity contribution in [2.24, 2.45) is 5.92 Å². The molecule has 3 fully saturated rings. The molecule has 0 radical (unpaired) electrons. The Morgan fingerprint density at radius 2 is 1.50 bits per heavy atom. The van der Waals surface area contributed by atoms with E-state index in [4.69, 9.17) is 15.2 Å². The number of fused-ring (bicyclic) bond motifs is 1. The summed E-state index contributed by atoms with van der Waals surface area (Å²) in [6.45, 7) is 24.6. The first-order valence-corrected chi connectivity index (χ1v) is 28.6. The van der Waals surface area contributed by atoms with Crippen LogP contribution in [0.25, 0.3) is 21.3 Å². The fourth-order valence-corrected chi connectivity index (χ4v) is 9.62. The van der Waals surface area contributed by atoms with Crippen LogP contribution in [0.5, 0.6) is 5.75 Å². The number of aromatic nitrogens is 3. The van der Waals surface area contributed by atoms with Crippen LogP contribution in [-0.2, 0) is 30.4 Å². The number of alkyl halides is 3. The Balaban J connectivity index is 0.000000477. The molecule has 1 atom stereocenters. The van der Waals surface area contributed by atoms with Crippen molar-refractivity contribution in [2.45, 2.75) is 106 Å². The third kappa shape index (κ3) is 21.9. The molecule has 0 bridgehead atoms. The van der Waals surface area contributed by atoms with E-state index in [1.54, 1.807) is 27.5 Å². The van der Waals surface area contributed by atoms with Crippen LogP contribution in [0.15, 0.2) is 72.5 Å². The standard InChI is InChI=1S/C38H49F3N8O7.C12H12N2OS.C4H10.2C2H6/c39-38(40,41)56-29-2-4-30(32(42)22-29)37(53)48-9-5-26(6-10-48)36-31-3-1-27(21-33(31)44-25-45-36)47-14-12-46(13-15-47)16-18-55-20-19-54-17-8-34(51)43-23-35(52)49-11-7-28(50)24-49;1-9-12(16-8-14-9)11-4-2-10(3-5-11)6-13-7-15;1-4(2)3;2*1-2/h1-4,21-22,25-26,28,50H,5-20,23-24,42H2,(H,43,51);2-5,7-8H,6H2,1H3,(H,13,15);4H,1-3H3;2*1-2H3. The molecule has 3 aliphatic heterocycles.